The summed E-state index contributed by atoms with van der Waals surface area (Å²) in [4.78, 5) is 65.8. The van der Waals surface area contributed by atoms with Crippen LogP contribution in [-0.2, 0) is 26.1 Å². The van der Waals surface area contributed by atoms with E-state index in [1.54, 1.807) is 18.2 Å². The number of nitrogens with one attached hydrogen (secondary N) is 2. The Hall–Kier alpha value is -6.03. The molecule has 1 unspecified atom stereocenters. The second-order valence-electron chi connectivity index (χ2n) is 12.0. The number of hydrogen-bond donors (Lipinski definition) is 2. The highest BCUT2D eigenvalue weighted by atomic mass is 19.4. The fourth-order valence-corrected chi connectivity index (χ4v) is 5.55. The van der Waals surface area contributed by atoms with E-state index in [9.17, 15) is 37.1 Å². The van der Waals surface area contributed by atoms with Crippen molar-refractivity contribution in [2.24, 2.45) is 5.92 Å². The van der Waals surface area contributed by atoms with Crippen LogP contribution in [-0.4, -0.2) is 68.6 Å². The molecule has 1 atom stereocenters. The largest absolute Gasteiger partial charge is 0.417 e. The molecule has 2 N–H and O–H groups in total. The number of rotatable bonds is 5. The Balaban J connectivity index is 1.08. The molecule has 0 bridgehead atoms. The van der Waals surface area contributed by atoms with E-state index >= 15 is 0 Å². The van der Waals surface area contributed by atoms with E-state index in [1.165, 1.54) is 36.9 Å². The van der Waals surface area contributed by atoms with Gasteiger partial charge < -0.3 is 10.2 Å². The first-order chi connectivity index (χ1) is 22.7. The number of amides is 5. The lowest BCUT2D eigenvalue weighted by atomic mass is 9.98. The third-order valence-corrected chi connectivity index (χ3v) is 8.40. The molecule has 0 saturated carbocycles. The molecule has 13 nitrogen and oxygen atoms in total. The van der Waals surface area contributed by atoms with Crippen molar-refractivity contribution in [2.75, 3.05) is 23.3 Å². The molecule has 0 aliphatic carbocycles. The van der Waals surface area contributed by atoms with Crippen LogP contribution in [0.4, 0.5) is 24.5 Å². The first-order valence-corrected chi connectivity index (χ1v) is 14.6. The fourth-order valence-electron chi connectivity index (χ4n) is 5.55. The number of carbonyl (C=O) groups is 5. The Kier molecular flexibility index (Phi) is 7.75. The smallest absolute Gasteiger partial charge is 0.369 e. The molecule has 5 amide bonds. The van der Waals surface area contributed by atoms with Crippen molar-refractivity contribution in [1.82, 2.24) is 25.2 Å². The van der Waals surface area contributed by atoms with Crippen molar-refractivity contribution < 1.29 is 37.1 Å². The summed E-state index contributed by atoms with van der Waals surface area (Å²) < 4.78 is 41.3. The number of anilines is 2. The molecule has 2 fully saturated rings. The highest BCUT2D eigenvalue weighted by molar-refractivity contribution is 6.23. The molecule has 16 heteroatoms. The second kappa shape index (κ2) is 11.6. The highest BCUT2D eigenvalue weighted by Gasteiger charge is 2.45. The molecule has 48 heavy (non-hydrogen) atoms. The first kappa shape index (κ1) is 31.9. The van der Waals surface area contributed by atoms with Gasteiger partial charge in [0.1, 0.15) is 11.6 Å². The highest BCUT2D eigenvalue weighted by Crippen LogP contribution is 2.35. The van der Waals surface area contributed by atoms with Crippen LogP contribution in [0.1, 0.15) is 64.2 Å². The lowest BCUT2D eigenvalue weighted by molar-refractivity contribution is -0.138. The summed E-state index contributed by atoms with van der Waals surface area (Å²) in [6.45, 7) is 4.03. The molecule has 0 spiro atoms. The van der Waals surface area contributed by atoms with E-state index in [-0.39, 0.29) is 41.3 Å². The van der Waals surface area contributed by atoms with E-state index in [0.717, 1.165) is 11.0 Å². The summed E-state index contributed by atoms with van der Waals surface area (Å²) in [7, 11) is 0. The third-order valence-electron chi connectivity index (χ3n) is 8.40. The molecular formula is C32H25F3N8O5. The van der Waals surface area contributed by atoms with Crippen molar-refractivity contribution in [3.05, 3.63) is 70.5 Å². The van der Waals surface area contributed by atoms with Crippen LogP contribution in [0.2, 0.25) is 0 Å². The number of piperidine rings is 1. The van der Waals surface area contributed by atoms with Crippen LogP contribution in [0, 0.1) is 29.1 Å². The molecule has 3 aliphatic heterocycles. The van der Waals surface area contributed by atoms with Gasteiger partial charge in [-0.15, -0.1) is 5.10 Å². The molecule has 2 aromatic carbocycles. The van der Waals surface area contributed by atoms with E-state index in [2.05, 4.69) is 32.8 Å². The van der Waals surface area contributed by atoms with Crippen LogP contribution in [0.25, 0.3) is 0 Å². The van der Waals surface area contributed by atoms with Gasteiger partial charge in [0.15, 0.2) is 5.69 Å². The maximum Gasteiger partial charge on any atom is 0.417 e. The van der Waals surface area contributed by atoms with Crippen LogP contribution in [0.15, 0.2) is 42.6 Å². The predicted molar refractivity (Wildman–Crippen MR) is 160 cm³/mol. The Morgan fingerprint density at radius 3 is 2.46 bits per heavy atom. The summed E-state index contributed by atoms with van der Waals surface area (Å²) >= 11 is 0. The van der Waals surface area contributed by atoms with Crippen molar-refractivity contribution in [3.8, 4) is 17.9 Å². The first-order valence-electron chi connectivity index (χ1n) is 14.6. The molecular weight excluding hydrogens is 633 g/mol. The molecule has 4 heterocycles. The van der Waals surface area contributed by atoms with Crippen LogP contribution >= 0.6 is 0 Å². The van der Waals surface area contributed by atoms with Crippen molar-refractivity contribution >= 4 is 40.9 Å². The number of carbonyl (C=O) groups excluding carboxylic acids is 5. The predicted octanol–water partition coefficient (Wildman–Crippen LogP) is 2.43. The minimum atomic E-state index is -4.78. The van der Waals surface area contributed by atoms with Gasteiger partial charge in [-0.2, -0.15) is 18.4 Å². The maximum absolute atomic E-state index is 13.3. The second-order valence-corrected chi connectivity index (χ2v) is 12.0. The zero-order chi connectivity index (χ0) is 34.5. The number of benzene rings is 2. The summed E-state index contributed by atoms with van der Waals surface area (Å²) in [5, 5.41) is 21.6. The van der Waals surface area contributed by atoms with Crippen LogP contribution in [0.3, 0.4) is 0 Å². The summed E-state index contributed by atoms with van der Waals surface area (Å²) in [5.74, 6) is 2.96. The number of aromatic nitrogens is 3. The average molecular weight is 659 g/mol. The Morgan fingerprint density at radius 2 is 1.77 bits per heavy atom. The lowest BCUT2D eigenvalue weighted by Gasteiger charge is -2.38. The van der Waals surface area contributed by atoms with E-state index in [0.29, 0.717) is 24.8 Å². The molecule has 1 aromatic heterocycles. The number of halogens is 3. The van der Waals surface area contributed by atoms with Gasteiger partial charge in [0.25, 0.3) is 17.7 Å². The minimum absolute atomic E-state index is 0.0313. The maximum atomic E-state index is 13.3. The van der Waals surface area contributed by atoms with Crippen LogP contribution < -0.4 is 15.5 Å². The number of imide groups is 2. The molecule has 3 aliphatic rings. The van der Waals surface area contributed by atoms with Gasteiger partial charge >= 0.3 is 6.18 Å². The van der Waals surface area contributed by atoms with Crippen molar-refractivity contribution in [1.29, 1.82) is 5.26 Å². The number of nitriles is 1. The molecule has 6 rings (SSSR count). The minimum Gasteiger partial charge on any atom is -0.369 e. The molecule has 3 aromatic rings. The quantitative estimate of drug-likeness (QED) is 0.309. The zero-order valence-electron chi connectivity index (χ0n) is 25.4. The topological polar surface area (TPSA) is 170 Å². The normalized spacial score (nSPS) is 18.0. The zero-order valence-corrected chi connectivity index (χ0v) is 25.4. The van der Waals surface area contributed by atoms with Gasteiger partial charge in [0.2, 0.25) is 11.8 Å². The Bertz CT molecular complexity index is 2010. The molecule has 244 valence electrons. The van der Waals surface area contributed by atoms with Gasteiger partial charge in [-0.25, -0.2) is 4.68 Å². The Morgan fingerprint density at radius 1 is 1.04 bits per heavy atom. The van der Waals surface area contributed by atoms with Crippen molar-refractivity contribution in [3.63, 3.8) is 0 Å². The van der Waals surface area contributed by atoms with Gasteiger partial charge in [-0.05, 0) is 62.6 Å². The number of alkyl halides is 3. The Labute approximate surface area is 270 Å². The molecule has 2 saturated heterocycles. The number of fused-ring (bicyclic) bond motifs is 1. The lowest BCUT2D eigenvalue weighted by Crippen LogP contribution is -2.54. The fraction of sp³-hybridized carbons (Fsp3) is 0.312. The van der Waals surface area contributed by atoms with Crippen molar-refractivity contribution in [2.45, 2.75) is 44.4 Å². The summed E-state index contributed by atoms with van der Waals surface area (Å²) in [5.41, 5.74) is -1.90. The van der Waals surface area contributed by atoms with Gasteiger partial charge in [-0.1, -0.05) is 11.1 Å². The number of nitrogens with zero attached hydrogens (tertiary/aromatic N) is 6. The monoisotopic (exact) mass is 658 g/mol. The third kappa shape index (κ3) is 5.72. The molecule has 0 radical (unpaired) electrons. The SMILES string of the molecule is CC(C)(C(=O)Nc1ccc(C#N)c(C(F)(F)F)c1)n1cc(C#CC2CN(c3ccc4c(c3)C(=O)N(C3CCC(=O)NC3=O)C4=O)C2)nn1. The standard InChI is InChI=1S/C32H25F3N8O5/c1-31(2,30(48)37-19-6-4-18(13-36)24(11-19)32(33,34)35)42-16-20(39-40-42)5-3-17-14-41(15-17)21-7-8-22-23(12-21)29(47)43(28(22)46)25-9-10-26(44)38-27(25)45/h4,6-8,11-12,16-17,25H,9-10,14-15H2,1-2H3,(H,37,48)(H,38,44,45). The van der Waals surface area contributed by atoms with Gasteiger partial charge in [0, 0.05) is 30.9 Å². The van der Waals surface area contributed by atoms with Gasteiger partial charge in [-0.3, -0.25) is 34.2 Å². The van der Waals surface area contributed by atoms with E-state index in [1.807, 2.05) is 4.90 Å². The van der Waals surface area contributed by atoms with E-state index in [4.69, 9.17) is 5.26 Å². The van der Waals surface area contributed by atoms with Crippen LogP contribution in [0.5, 0.6) is 0 Å². The van der Waals surface area contributed by atoms with Gasteiger partial charge in [0.05, 0.1) is 40.4 Å². The summed E-state index contributed by atoms with van der Waals surface area (Å²) in [6.07, 6.45) is -3.23. The van der Waals surface area contributed by atoms with E-state index < -0.39 is 58.4 Å². The summed E-state index contributed by atoms with van der Waals surface area (Å²) in [6, 6.07) is 8.19. The average Bonchev–Trinajstić information content (AvgIpc) is 3.59. The number of hydrogen-bond acceptors (Lipinski definition) is 9.